The molecule has 0 spiro atoms. The molecule has 5 atom stereocenters. The van der Waals surface area contributed by atoms with Gasteiger partial charge in [-0.25, -0.2) is 0 Å². The molecule has 15 heteroatoms. The number of aromatic nitrogens is 3. The van der Waals surface area contributed by atoms with Crippen LogP contribution in [0.25, 0.3) is 0 Å². The Labute approximate surface area is 240 Å². The number of carbonyl (C=O) groups is 4. The fourth-order valence-corrected chi connectivity index (χ4v) is 5.36. The molecule has 1 aliphatic heterocycles. The molecule has 1 aliphatic rings. The van der Waals surface area contributed by atoms with Crippen molar-refractivity contribution in [3.05, 3.63) is 35.1 Å². The molecule has 0 bridgehead atoms. The standard InChI is InChI=1S/C25H31ClN4O9S/c1-6-30-20(12-36-18-9-7-17(26)8-10-18)28-29-25(30)40-24-21(27-13(2)31)23(38-16(5)34)22(37-15(4)33)19(39-24)11-35-14(3)32/h7-10,19,21-24H,6,11-12H2,1-5H3,(H,27,31)/t19-,21-,22-,23-,24-/m1/s1. The van der Waals surface area contributed by atoms with E-state index in [0.717, 1.165) is 11.8 Å². The maximum Gasteiger partial charge on any atom is 0.303 e. The predicted octanol–water partition coefficient (Wildman–Crippen LogP) is 2.28. The van der Waals surface area contributed by atoms with Crippen LogP contribution in [0.15, 0.2) is 29.4 Å². The molecule has 3 rings (SSSR count). The number of rotatable bonds is 11. The number of amides is 1. The zero-order valence-electron chi connectivity index (χ0n) is 22.6. The van der Waals surface area contributed by atoms with E-state index in [1.165, 1.54) is 27.7 Å². The molecule has 0 radical (unpaired) electrons. The van der Waals surface area contributed by atoms with Gasteiger partial charge in [0.1, 0.15) is 36.5 Å². The van der Waals surface area contributed by atoms with Gasteiger partial charge in [-0.3, -0.25) is 19.2 Å². The highest BCUT2D eigenvalue weighted by atomic mass is 35.5. The van der Waals surface area contributed by atoms with Crippen LogP contribution in [0.3, 0.4) is 0 Å². The monoisotopic (exact) mass is 598 g/mol. The lowest BCUT2D eigenvalue weighted by molar-refractivity contribution is -0.211. The summed E-state index contributed by atoms with van der Waals surface area (Å²) in [5.41, 5.74) is -0.917. The Bertz CT molecular complexity index is 1210. The second-order valence-electron chi connectivity index (χ2n) is 8.72. The van der Waals surface area contributed by atoms with Gasteiger partial charge in [-0.15, -0.1) is 10.2 Å². The number of benzene rings is 1. The minimum absolute atomic E-state index is 0.114. The van der Waals surface area contributed by atoms with Crippen molar-refractivity contribution in [2.75, 3.05) is 6.61 Å². The number of nitrogens with one attached hydrogen (secondary N) is 1. The van der Waals surface area contributed by atoms with Gasteiger partial charge >= 0.3 is 17.9 Å². The maximum atomic E-state index is 12.2. The Hall–Kier alpha value is -3.36. The van der Waals surface area contributed by atoms with Gasteiger partial charge in [0.2, 0.25) is 5.91 Å². The van der Waals surface area contributed by atoms with Gasteiger partial charge in [0.15, 0.2) is 23.2 Å². The van der Waals surface area contributed by atoms with Crippen molar-refractivity contribution in [3.63, 3.8) is 0 Å². The van der Waals surface area contributed by atoms with Gasteiger partial charge < -0.3 is 33.6 Å². The summed E-state index contributed by atoms with van der Waals surface area (Å²) < 4.78 is 29.9. The van der Waals surface area contributed by atoms with Crippen LogP contribution in [0.4, 0.5) is 0 Å². The smallest absolute Gasteiger partial charge is 0.303 e. The molecule has 40 heavy (non-hydrogen) atoms. The molecule has 2 aromatic rings. The Kier molecular flexibility index (Phi) is 11.2. The average molecular weight is 599 g/mol. The van der Waals surface area contributed by atoms with Crippen molar-refractivity contribution < 1.29 is 42.9 Å². The highest BCUT2D eigenvalue weighted by Crippen LogP contribution is 2.36. The van der Waals surface area contributed by atoms with Crippen molar-refractivity contribution in [1.82, 2.24) is 20.1 Å². The summed E-state index contributed by atoms with van der Waals surface area (Å²) in [6.45, 7) is 7.07. The Balaban J connectivity index is 1.92. The number of ether oxygens (including phenoxy) is 5. The maximum absolute atomic E-state index is 12.2. The molecule has 13 nitrogen and oxygen atoms in total. The highest BCUT2D eigenvalue weighted by molar-refractivity contribution is 7.99. The van der Waals surface area contributed by atoms with E-state index >= 15 is 0 Å². The van der Waals surface area contributed by atoms with E-state index in [1.54, 1.807) is 28.8 Å². The topological polar surface area (TPSA) is 157 Å². The van der Waals surface area contributed by atoms with Crippen LogP contribution in [-0.4, -0.2) is 75.0 Å². The quantitative estimate of drug-likeness (QED) is 0.298. The Morgan fingerprint density at radius 1 is 1.00 bits per heavy atom. The zero-order chi connectivity index (χ0) is 29.4. The minimum atomic E-state index is -1.18. The van der Waals surface area contributed by atoms with Gasteiger partial charge in [-0.2, -0.15) is 0 Å². The van der Waals surface area contributed by atoms with Crippen LogP contribution >= 0.6 is 23.4 Å². The van der Waals surface area contributed by atoms with E-state index in [9.17, 15) is 19.2 Å². The summed E-state index contributed by atoms with van der Waals surface area (Å²) in [4.78, 5) is 47.7. The van der Waals surface area contributed by atoms with Crippen molar-refractivity contribution in [2.45, 2.75) is 82.7 Å². The number of carbonyl (C=O) groups excluding carboxylic acids is 4. The van der Waals surface area contributed by atoms with E-state index in [1.807, 2.05) is 6.92 Å². The normalized spacial score (nSPS) is 22.2. The number of halogens is 1. The molecular formula is C25H31ClN4O9S. The van der Waals surface area contributed by atoms with E-state index in [2.05, 4.69) is 15.5 Å². The van der Waals surface area contributed by atoms with Gasteiger partial charge in [0, 0.05) is 39.3 Å². The number of nitrogens with zero attached hydrogens (tertiary/aromatic N) is 3. The van der Waals surface area contributed by atoms with E-state index in [-0.39, 0.29) is 13.2 Å². The summed E-state index contributed by atoms with van der Waals surface area (Å²) >= 11 is 7.04. The lowest BCUT2D eigenvalue weighted by atomic mass is 9.97. The number of thioether (sulfide) groups is 1. The SMILES string of the molecule is CCn1c(COc2ccc(Cl)cc2)nnc1S[C@H]1O[C@H](COC(C)=O)[C@@H](OC(C)=O)[C@H](OC(C)=O)[C@H]1NC(C)=O. The lowest BCUT2D eigenvalue weighted by Gasteiger charge is -2.44. The first-order valence-corrected chi connectivity index (χ1v) is 13.6. The van der Waals surface area contributed by atoms with E-state index < -0.39 is 53.6 Å². The first-order valence-electron chi connectivity index (χ1n) is 12.4. The first kappa shape index (κ1) is 31.2. The van der Waals surface area contributed by atoms with Crippen LogP contribution in [0.2, 0.25) is 5.02 Å². The van der Waals surface area contributed by atoms with Crippen LogP contribution < -0.4 is 10.1 Å². The number of hydrogen-bond acceptors (Lipinski definition) is 12. The van der Waals surface area contributed by atoms with Gasteiger partial charge in [-0.1, -0.05) is 23.4 Å². The molecular weight excluding hydrogens is 568 g/mol. The molecule has 2 heterocycles. The van der Waals surface area contributed by atoms with Crippen molar-refractivity contribution >= 4 is 47.2 Å². The summed E-state index contributed by atoms with van der Waals surface area (Å²) in [6.07, 6.45) is -3.37. The van der Waals surface area contributed by atoms with Crippen molar-refractivity contribution in [1.29, 1.82) is 0 Å². The fraction of sp³-hybridized carbons (Fsp3) is 0.520. The molecule has 1 amide bonds. The molecule has 1 saturated heterocycles. The van der Waals surface area contributed by atoms with Crippen LogP contribution in [-0.2, 0) is 51.3 Å². The Morgan fingerprint density at radius 2 is 1.65 bits per heavy atom. The largest absolute Gasteiger partial charge is 0.486 e. The zero-order valence-corrected chi connectivity index (χ0v) is 24.2. The molecule has 0 aliphatic carbocycles. The van der Waals surface area contributed by atoms with Crippen LogP contribution in [0.5, 0.6) is 5.75 Å². The predicted molar refractivity (Wildman–Crippen MR) is 141 cm³/mol. The summed E-state index contributed by atoms with van der Waals surface area (Å²) in [5, 5.41) is 12.3. The molecule has 218 valence electrons. The fourth-order valence-electron chi connectivity index (χ4n) is 4.00. The third kappa shape index (κ3) is 8.57. The van der Waals surface area contributed by atoms with Crippen LogP contribution in [0.1, 0.15) is 40.4 Å². The van der Waals surface area contributed by atoms with E-state index in [4.69, 9.17) is 35.3 Å². The molecule has 1 aromatic heterocycles. The molecule has 1 fully saturated rings. The number of hydrogen-bond donors (Lipinski definition) is 1. The summed E-state index contributed by atoms with van der Waals surface area (Å²) in [6, 6.07) is 5.91. The third-order valence-electron chi connectivity index (χ3n) is 5.58. The molecule has 0 saturated carbocycles. The minimum Gasteiger partial charge on any atom is -0.486 e. The van der Waals surface area contributed by atoms with Gasteiger partial charge in [-0.05, 0) is 31.2 Å². The molecule has 0 unspecified atom stereocenters. The highest BCUT2D eigenvalue weighted by Gasteiger charge is 2.51. The lowest BCUT2D eigenvalue weighted by Crippen LogP contribution is -2.65. The van der Waals surface area contributed by atoms with Gasteiger partial charge in [0.25, 0.3) is 0 Å². The summed E-state index contributed by atoms with van der Waals surface area (Å²) in [7, 11) is 0. The summed E-state index contributed by atoms with van der Waals surface area (Å²) in [5.74, 6) is -1.25. The third-order valence-corrected chi connectivity index (χ3v) is 6.99. The molecule has 1 aromatic carbocycles. The van der Waals surface area contributed by atoms with Gasteiger partial charge in [0.05, 0.1) is 0 Å². The first-order chi connectivity index (χ1) is 19.0. The van der Waals surface area contributed by atoms with Crippen molar-refractivity contribution in [2.24, 2.45) is 0 Å². The average Bonchev–Trinajstić information content (AvgIpc) is 3.26. The second kappa shape index (κ2) is 14.3. The second-order valence-corrected chi connectivity index (χ2v) is 10.2. The van der Waals surface area contributed by atoms with Crippen LogP contribution in [0, 0.1) is 0 Å². The van der Waals surface area contributed by atoms with E-state index in [0.29, 0.717) is 28.3 Å². The number of esters is 3. The Morgan fingerprint density at radius 3 is 2.23 bits per heavy atom. The van der Waals surface area contributed by atoms with Crippen molar-refractivity contribution in [3.8, 4) is 5.75 Å². The molecule has 1 N–H and O–H groups in total.